The van der Waals surface area contributed by atoms with E-state index in [4.69, 9.17) is 0 Å². The molecule has 1 saturated heterocycles. The molecule has 0 spiro atoms. The molecule has 7 nitrogen and oxygen atoms in total. The first-order valence-corrected chi connectivity index (χ1v) is 14.1. The third-order valence-corrected chi connectivity index (χ3v) is 8.14. The van der Waals surface area contributed by atoms with E-state index in [2.05, 4.69) is 0 Å². The van der Waals surface area contributed by atoms with Crippen LogP contribution in [0.1, 0.15) is 36.1 Å². The number of phenols is 1. The van der Waals surface area contributed by atoms with Gasteiger partial charge in [-0.05, 0) is 60.4 Å². The van der Waals surface area contributed by atoms with Crippen molar-refractivity contribution in [2.75, 3.05) is 4.90 Å². The Morgan fingerprint density at radius 2 is 1.54 bits per heavy atom. The highest BCUT2D eigenvalue weighted by molar-refractivity contribution is 7.60. The van der Waals surface area contributed by atoms with Gasteiger partial charge in [0.05, 0.1) is 23.4 Å². The van der Waals surface area contributed by atoms with E-state index in [-0.39, 0.29) is 28.1 Å². The third-order valence-electron chi connectivity index (χ3n) is 7.13. The number of amides is 1. The fraction of sp³-hybridized carbons (Fsp3) is 0.167. The molecule has 0 aliphatic carbocycles. The molecule has 0 saturated carbocycles. The first-order chi connectivity index (χ1) is 18.6. The highest BCUT2D eigenvalue weighted by Crippen LogP contribution is 2.48. The molecule has 3 atom stereocenters. The summed E-state index contributed by atoms with van der Waals surface area (Å²) >= 11 is 0. The fourth-order valence-electron chi connectivity index (χ4n) is 5.20. The standard InChI is InChI=1S/C30H27FNO6P/c31-21-11-13-22(14-12-21)32-29(25(30(32)35)16-17-26(33)19-6-2-1-3-7-19)20-10-15-23(27(34)18-20)24-8-4-5-9-28(24)39(36,37)38/h1-15,18,25-26,29,33-34H,16-17H2,(H2,36,37,38). The molecule has 200 valence electrons. The first kappa shape index (κ1) is 26.8. The number of anilines is 1. The molecule has 4 aromatic rings. The minimum Gasteiger partial charge on any atom is -0.507 e. The summed E-state index contributed by atoms with van der Waals surface area (Å²) in [6.45, 7) is 0. The lowest BCUT2D eigenvalue weighted by Gasteiger charge is -2.48. The number of hydrogen-bond donors (Lipinski definition) is 4. The number of benzene rings is 4. The number of aliphatic hydroxyl groups excluding tert-OH is 1. The molecule has 1 heterocycles. The van der Waals surface area contributed by atoms with Crippen molar-refractivity contribution in [3.8, 4) is 16.9 Å². The Hall–Kier alpha value is -3.81. The first-order valence-electron chi connectivity index (χ1n) is 12.4. The molecule has 0 aromatic heterocycles. The summed E-state index contributed by atoms with van der Waals surface area (Å²) in [7, 11) is -4.60. The maximum Gasteiger partial charge on any atom is 0.356 e. The van der Waals surface area contributed by atoms with Crippen molar-refractivity contribution in [2.24, 2.45) is 5.92 Å². The summed E-state index contributed by atoms with van der Waals surface area (Å²) in [6, 6.07) is 25.0. The molecule has 1 amide bonds. The number of carbonyl (C=O) groups is 1. The number of phenolic OH excluding ortho intramolecular Hbond substituents is 1. The molecule has 3 unspecified atom stereocenters. The van der Waals surface area contributed by atoms with E-state index in [1.54, 1.807) is 18.2 Å². The van der Waals surface area contributed by atoms with E-state index in [0.717, 1.165) is 5.56 Å². The summed E-state index contributed by atoms with van der Waals surface area (Å²) in [5, 5.41) is 21.4. The fourth-order valence-corrected chi connectivity index (χ4v) is 5.98. The molecule has 0 bridgehead atoms. The molecule has 9 heteroatoms. The van der Waals surface area contributed by atoms with Crippen LogP contribution in [0.2, 0.25) is 0 Å². The van der Waals surface area contributed by atoms with Crippen LogP contribution in [-0.2, 0) is 9.36 Å². The maximum atomic E-state index is 13.6. The third kappa shape index (κ3) is 5.37. The smallest absolute Gasteiger partial charge is 0.356 e. The molecule has 1 aliphatic heterocycles. The summed E-state index contributed by atoms with van der Waals surface area (Å²) in [4.78, 5) is 34.4. The summed E-state index contributed by atoms with van der Waals surface area (Å²) in [5.41, 5.74) is 2.31. The van der Waals surface area contributed by atoms with Crippen molar-refractivity contribution in [1.29, 1.82) is 0 Å². The van der Waals surface area contributed by atoms with E-state index < -0.39 is 31.5 Å². The SMILES string of the molecule is O=C1C(CCC(O)c2ccccc2)C(c2ccc(-c3ccccc3P(=O)(O)O)c(O)c2)N1c1ccc(F)cc1. The Labute approximate surface area is 225 Å². The maximum absolute atomic E-state index is 13.6. The van der Waals surface area contributed by atoms with Crippen molar-refractivity contribution < 1.29 is 33.7 Å². The van der Waals surface area contributed by atoms with E-state index in [9.17, 15) is 33.7 Å². The second-order valence-corrected chi connectivity index (χ2v) is 11.1. The Morgan fingerprint density at radius 1 is 0.872 bits per heavy atom. The van der Waals surface area contributed by atoms with Crippen LogP contribution >= 0.6 is 7.60 Å². The molecule has 4 N–H and O–H groups in total. The second kappa shape index (κ2) is 10.8. The van der Waals surface area contributed by atoms with Crippen LogP contribution in [0, 0.1) is 11.7 Å². The number of β-lactam (4-membered cyclic amide) rings is 1. The van der Waals surface area contributed by atoms with Crippen LogP contribution in [0.5, 0.6) is 5.75 Å². The largest absolute Gasteiger partial charge is 0.507 e. The van der Waals surface area contributed by atoms with E-state index in [0.29, 0.717) is 24.1 Å². The average molecular weight is 548 g/mol. The molecular formula is C30H27FNO6P. The van der Waals surface area contributed by atoms with Crippen LogP contribution < -0.4 is 10.2 Å². The van der Waals surface area contributed by atoms with Crippen molar-refractivity contribution in [1.82, 2.24) is 0 Å². The van der Waals surface area contributed by atoms with Gasteiger partial charge in [-0.25, -0.2) is 4.39 Å². The predicted octanol–water partition coefficient (Wildman–Crippen LogP) is 5.22. The van der Waals surface area contributed by atoms with Crippen LogP contribution in [-0.4, -0.2) is 25.9 Å². The summed E-state index contributed by atoms with van der Waals surface area (Å²) < 4.78 is 25.6. The zero-order valence-corrected chi connectivity index (χ0v) is 21.7. The lowest BCUT2D eigenvalue weighted by molar-refractivity contribution is -0.131. The molecule has 1 fully saturated rings. The normalized spacial score (nSPS) is 18.1. The number of carbonyl (C=O) groups excluding carboxylic acids is 1. The minimum atomic E-state index is -4.60. The van der Waals surface area contributed by atoms with Crippen molar-refractivity contribution in [3.63, 3.8) is 0 Å². The minimum absolute atomic E-state index is 0.178. The lowest BCUT2D eigenvalue weighted by Crippen LogP contribution is -2.55. The zero-order valence-electron chi connectivity index (χ0n) is 20.8. The Morgan fingerprint density at radius 3 is 2.21 bits per heavy atom. The highest BCUT2D eigenvalue weighted by Gasteiger charge is 2.48. The van der Waals surface area contributed by atoms with Crippen LogP contribution in [0.3, 0.4) is 0 Å². The number of aromatic hydroxyl groups is 1. The topological polar surface area (TPSA) is 118 Å². The summed E-state index contributed by atoms with van der Waals surface area (Å²) in [6.07, 6.45) is -0.0335. The lowest BCUT2D eigenvalue weighted by atomic mass is 9.78. The van der Waals surface area contributed by atoms with Crippen LogP contribution in [0.15, 0.2) is 97.1 Å². The average Bonchev–Trinajstić information content (AvgIpc) is 2.92. The number of halogens is 1. The van der Waals surface area contributed by atoms with Crippen molar-refractivity contribution >= 4 is 24.5 Å². The molecule has 1 aliphatic rings. The van der Waals surface area contributed by atoms with Gasteiger partial charge in [0.15, 0.2) is 0 Å². The predicted molar refractivity (Wildman–Crippen MR) is 146 cm³/mol. The summed E-state index contributed by atoms with van der Waals surface area (Å²) in [5.74, 6) is -1.31. The Balaban J connectivity index is 1.48. The van der Waals surface area contributed by atoms with Crippen LogP contribution in [0.25, 0.3) is 11.1 Å². The van der Waals surface area contributed by atoms with Gasteiger partial charge in [0.2, 0.25) is 5.91 Å². The molecule has 0 radical (unpaired) electrons. The Kier molecular flexibility index (Phi) is 7.38. The monoisotopic (exact) mass is 547 g/mol. The second-order valence-electron chi connectivity index (χ2n) is 9.58. The highest BCUT2D eigenvalue weighted by atomic mass is 31.2. The van der Waals surface area contributed by atoms with Gasteiger partial charge < -0.3 is 24.9 Å². The number of aliphatic hydroxyl groups is 1. The molecule has 4 aromatic carbocycles. The van der Waals surface area contributed by atoms with Gasteiger partial charge >= 0.3 is 7.60 Å². The molecular weight excluding hydrogens is 520 g/mol. The molecule has 5 rings (SSSR count). The molecule has 39 heavy (non-hydrogen) atoms. The van der Waals surface area contributed by atoms with Gasteiger partial charge in [-0.1, -0.05) is 60.7 Å². The van der Waals surface area contributed by atoms with E-state index in [1.165, 1.54) is 53.4 Å². The van der Waals surface area contributed by atoms with Gasteiger partial charge in [-0.3, -0.25) is 9.36 Å². The Bertz CT molecular complexity index is 1540. The number of nitrogens with zero attached hydrogens (tertiary/aromatic N) is 1. The van der Waals surface area contributed by atoms with E-state index >= 15 is 0 Å². The van der Waals surface area contributed by atoms with E-state index in [1.807, 2.05) is 30.3 Å². The number of rotatable bonds is 8. The van der Waals surface area contributed by atoms with Crippen molar-refractivity contribution in [3.05, 3.63) is 114 Å². The van der Waals surface area contributed by atoms with Gasteiger partial charge in [0.25, 0.3) is 0 Å². The number of hydrogen-bond acceptors (Lipinski definition) is 4. The van der Waals surface area contributed by atoms with Gasteiger partial charge in [0, 0.05) is 16.8 Å². The quantitative estimate of drug-likeness (QED) is 0.178. The van der Waals surface area contributed by atoms with Crippen molar-refractivity contribution in [2.45, 2.75) is 25.0 Å². The van der Waals surface area contributed by atoms with Gasteiger partial charge in [-0.15, -0.1) is 0 Å². The van der Waals surface area contributed by atoms with Gasteiger partial charge in [-0.2, -0.15) is 0 Å². The van der Waals surface area contributed by atoms with Gasteiger partial charge in [0.1, 0.15) is 11.6 Å². The zero-order chi connectivity index (χ0) is 27.7. The van der Waals surface area contributed by atoms with Crippen LogP contribution in [0.4, 0.5) is 10.1 Å².